The van der Waals surface area contributed by atoms with Gasteiger partial charge in [0.1, 0.15) is 17.1 Å². The summed E-state index contributed by atoms with van der Waals surface area (Å²) < 4.78 is 13.3. The molecule has 0 bridgehead atoms. The predicted octanol–water partition coefficient (Wildman–Crippen LogP) is 3.70. The minimum absolute atomic E-state index is 0.239. The van der Waals surface area contributed by atoms with Crippen LogP contribution in [0.1, 0.15) is 30.9 Å². The fourth-order valence-electron chi connectivity index (χ4n) is 1.85. The minimum Gasteiger partial charge on any atom is -0.236 e. The van der Waals surface area contributed by atoms with E-state index in [1.54, 1.807) is 32.9 Å². The lowest BCUT2D eigenvalue weighted by Gasteiger charge is -2.15. The van der Waals surface area contributed by atoms with Crippen molar-refractivity contribution < 1.29 is 4.39 Å². The van der Waals surface area contributed by atoms with Gasteiger partial charge >= 0.3 is 0 Å². The Morgan fingerprint density at radius 3 is 2.45 bits per heavy atom. The first-order chi connectivity index (χ1) is 9.33. The van der Waals surface area contributed by atoms with Gasteiger partial charge in [0.2, 0.25) is 0 Å². The van der Waals surface area contributed by atoms with Gasteiger partial charge in [0.15, 0.2) is 0 Å². The third-order valence-electron chi connectivity index (χ3n) is 3.15. The normalized spacial score (nSPS) is 11.2. The first kappa shape index (κ1) is 14.1. The summed E-state index contributed by atoms with van der Waals surface area (Å²) in [6.45, 7) is 7.13. The molecule has 0 saturated heterocycles. The van der Waals surface area contributed by atoms with Crippen molar-refractivity contribution in [2.75, 3.05) is 0 Å². The van der Waals surface area contributed by atoms with E-state index < -0.39 is 5.41 Å². The second-order valence-corrected chi connectivity index (χ2v) is 5.42. The lowest BCUT2D eigenvalue weighted by atomic mass is 9.94. The van der Waals surface area contributed by atoms with Gasteiger partial charge in [-0.25, -0.2) is 14.4 Å². The maximum Gasteiger partial charge on any atom is 0.148 e. The van der Waals surface area contributed by atoms with Gasteiger partial charge in [0.05, 0.1) is 11.8 Å². The molecule has 1 aromatic heterocycles. The van der Waals surface area contributed by atoms with Crippen LogP contribution in [0.25, 0.3) is 11.3 Å². The third kappa shape index (κ3) is 2.67. The van der Waals surface area contributed by atoms with Crippen molar-refractivity contribution in [3.05, 3.63) is 47.2 Å². The van der Waals surface area contributed by atoms with E-state index in [9.17, 15) is 9.65 Å². The van der Waals surface area contributed by atoms with Gasteiger partial charge in [-0.1, -0.05) is 0 Å². The van der Waals surface area contributed by atoms with Gasteiger partial charge in [-0.2, -0.15) is 5.26 Å². The molecule has 2 aromatic rings. The highest BCUT2D eigenvalue weighted by molar-refractivity contribution is 5.60. The van der Waals surface area contributed by atoms with E-state index in [1.165, 1.54) is 6.07 Å². The second kappa shape index (κ2) is 5.01. The summed E-state index contributed by atoms with van der Waals surface area (Å²) in [6.07, 6.45) is 0. The Morgan fingerprint density at radius 1 is 1.15 bits per heavy atom. The van der Waals surface area contributed by atoms with Crippen molar-refractivity contribution in [1.82, 2.24) is 9.97 Å². The van der Waals surface area contributed by atoms with E-state index in [-0.39, 0.29) is 5.82 Å². The average Bonchev–Trinajstić information content (AvgIpc) is 2.41. The molecule has 20 heavy (non-hydrogen) atoms. The molecule has 2 rings (SSSR count). The molecule has 0 N–H and O–H groups in total. The van der Waals surface area contributed by atoms with Crippen LogP contribution in [0.5, 0.6) is 0 Å². The zero-order chi connectivity index (χ0) is 14.9. The average molecular weight is 269 g/mol. The third-order valence-corrected chi connectivity index (χ3v) is 3.15. The molecule has 0 unspecified atom stereocenters. The summed E-state index contributed by atoms with van der Waals surface area (Å²) in [4.78, 5) is 8.80. The Balaban J connectivity index is 2.58. The van der Waals surface area contributed by atoms with Crippen LogP contribution < -0.4 is 0 Å². The maximum atomic E-state index is 13.3. The molecule has 0 atom stereocenters. The first-order valence-corrected chi connectivity index (χ1v) is 6.37. The summed E-state index contributed by atoms with van der Waals surface area (Å²) in [5.74, 6) is 0.245. The van der Waals surface area contributed by atoms with E-state index >= 15 is 0 Å². The minimum atomic E-state index is -0.754. The molecule has 0 radical (unpaired) electrons. The van der Waals surface area contributed by atoms with Crippen LogP contribution in [0.15, 0.2) is 24.3 Å². The number of rotatable bonds is 2. The summed E-state index contributed by atoms with van der Waals surface area (Å²) in [6, 6.07) is 8.90. The molecule has 1 aromatic carbocycles. The van der Waals surface area contributed by atoms with Gasteiger partial charge in [-0.05, 0) is 57.5 Å². The van der Waals surface area contributed by atoms with Crippen molar-refractivity contribution in [1.29, 1.82) is 5.26 Å². The molecule has 0 amide bonds. The summed E-state index contributed by atoms with van der Waals surface area (Å²) in [5.41, 5.74) is 2.13. The maximum absolute atomic E-state index is 13.3. The summed E-state index contributed by atoms with van der Waals surface area (Å²) >= 11 is 0. The van der Waals surface area contributed by atoms with E-state index in [1.807, 2.05) is 13.0 Å². The summed E-state index contributed by atoms with van der Waals surface area (Å²) in [7, 11) is 0. The molecule has 102 valence electrons. The number of hydrogen-bond donors (Lipinski definition) is 0. The standard InChI is InChI=1S/C16H16FN3/c1-10-7-12(5-6-13(10)17)14-8-11(2)19-15(20-14)16(3,4)9-18/h5-8H,1-4H3. The predicted molar refractivity (Wildman–Crippen MR) is 75.5 cm³/mol. The Labute approximate surface area is 118 Å². The van der Waals surface area contributed by atoms with Crippen LogP contribution in [0.4, 0.5) is 4.39 Å². The molecule has 0 aliphatic rings. The zero-order valence-corrected chi connectivity index (χ0v) is 12.0. The number of nitriles is 1. The highest BCUT2D eigenvalue weighted by Gasteiger charge is 2.24. The molecule has 0 aliphatic carbocycles. The van der Waals surface area contributed by atoms with Gasteiger partial charge in [0, 0.05) is 11.3 Å². The topological polar surface area (TPSA) is 49.6 Å². The molecule has 0 fully saturated rings. The van der Waals surface area contributed by atoms with Crippen molar-refractivity contribution in [2.45, 2.75) is 33.1 Å². The molecule has 1 heterocycles. The van der Waals surface area contributed by atoms with Gasteiger partial charge in [0.25, 0.3) is 0 Å². The molecule has 4 heteroatoms. The van der Waals surface area contributed by atoms with E-state index in [0.717, 1.165) is 11.3 Å². The molecular weight excluding hydrogens is 253 g/mol. The largest absolute Gasteiger partial charge is 0.236 e. The smallest absolute Gasteiger partial charge is 0.148 e. The van der Waals surface area contributed by atoms with E-state index in [0.29, 0.717) is 17.1 Å². The Bertz CT molecular complexity index is 699. The number of aryl methyl sites for hydroxylation is 2. The molecular formula is C16H16FN3. The van der Waals surface area contributed by atoms with Crippen LogP contribution in [0.2, 0.25) is 0 Å². The lowest BCUT2D eigenvalue weighted by molar-refractivity contribution is 0.618. The number of aromatic nitrogens is 2. The Morgan fingerprint density at radius 2 is 1.85 bits per heavy atom. The zero-order valence-electron chi connectivity index (χ0n) is 12.0. The lowest BCUT2D eigenvalue weighted by Crippen LogP contribution is -2.19. The van der Waals surface area contributed by atoms with Crippen LogP contribution >= 0.6 is 0 Å². The Hall–Kier alpha value is -2.28. The number of benzene rings is 1. The highest BCUT2D eigenvalue weighted by atomic mass is 19.1. The molecule has 0 spiro atoms. The van der Waals surface area contributed by atoms with E-state index in [4.69, 9.17) is 0 Å². The second-order valence-electron chi connectivity index (χ2n) is 5.42. The Kier molecular flexibility index (Phi) is 3.54. The monoisotopic (exact) mass is 269 g/mol. The number of nitrogens with zero attached hydrogens (tertiary/aromatic N) is 3. The SMILES string of the molecule is Cc1cc(-c2ccc(F)c(C)c2)nc(C(C)(C)C#N)n1. The highest BCUT2D eigenvalue weighted by Crippen LogP contribution is 2.24. The van der Waals surface area contributed by atoms with Crippen molar-refractivity contribution in [3.63, 3.8) is 0 Å². The number of halogens is 1. The van der Waals surface area contributed by atoms with Gasteiger partial charge < -0.3 is 0 Å². The molecule has 0 aliphatic heterocycles. The van der Waals surface area contributed by atoms with Crippen molar-refractivity contribution in [2.24, 2.45) is 0 Å². The number of hydrogen-bond acceptors (Lipinski definition) is 3. The van der Waals surface area contributed by atoms with Crippen molar-refractivity contribution >= 4 is 0 Å². The van der Waals surface area contributed by atoms with Crippen LogP contribution in [-0.2, 0) is 5.41 Å². The van der Waals surface area contributed by atoms with Crippen LogP contribution in [-0.4, -0.2) is 9.97 Å². The van der Waals surface area contributed by atoms with E-state index in [2.05, 4.69) is 16.0 Å². The quantitative estimate of drug-likeness (QED) is 0.835. The van der Waals surface area contributed by atoms with Crippen molar-refractivity contribution in [3.8, 4) is 17.3 Å². The fraction of sp³-hybridized carbons (Fsp3) is 0.312. The first-order valence-electron chi connectivity index (χ1n) is 6.37. The van der Waals surface area contributed by atoms with Gasteiger partial charge in [-0.15, -0.1) is 0 Å². The van der Waals surface area contributed by atoms with Crippen LogP contribution in [0.3, 0.4) is 0 Å². The summed E-state index contributed by atoms with van der Waals surface area (Å²) in [5, 5.41) is 9.20. The fourth-order valence-corrected chi connectivity index (χ4v) is 1.85. The molecule has 3 nitrogen and oxygen atoms in total. The van der Waals surface area contributed by atoms with Crippen LogP contribution in [0, 0.1) is 31.0 Å². The van der Waals surface area contributed by atoms with Gasteiger partial charge in [-0.3, -0.25) is 0 Å². The molecule has 0 saturated carbocycles.